The molecule has 0 spiro atoms. The number of nitrogens with one attached hydrogen (secondary N) is 2. The lowest BCUT2D eigenvalue weighted by atomic mass is 9.95. The molecule has 1 fully saturated rings. The van der Waals surface area contributed by atoms with Gasteiger partial charge in [-0.05, 0) is 36.8 Å². The maximum absolute atomic E-state index is 13.9. The molecule has 1 aliphatic rings. The average molecular weight is 326 g/mol. The SMILES string of the molecule is CCC(CCO)CNC(=O)NCC1(c2ccc(F)cc2F)CC1. The molecule has 1 aromatic rings. The molecule has 3 N–H and O–H groups in total. The molecule has 23 heavy (non-hydrogen) atoms. The fourth-order valence-electron chi connectivity index (χ4n) is 2.79. The predicted molar refractivity (Wildman–Crippen MR) is 84.2 cm³/mol. The van der Waals surface area contributed by atoms with Crippen LogP contribution < -0.4 is 10.6 Å². The van der Waals surface area contributed by atoms with E-state index in [-0.39, 0.29) is 18.6 Å². The lowest BCUT2D eigenvalue weighted by Crippen LogP contribution is -2.41. The maximum Gasteiger partial charge on any atom is 0.314 e. The van der Waals surface area contributed by atoms with Crippen LogP contribution in [0.25, 0.3) is 0 Å². The highest BCUT2D eigenvalue weighted by molar-refractivity contribution is 5.74. The molecule has 6 heteroatoms. The van der Waals surface area contributed by atoms with Crippen LogP contribution in [0.5, 0.6) is 0 Å². The van der Waals surface area contributed by atoms with Gasteiger partial charge in [-0.15, -0.1) is 0 Å². The van der Waals surface area contributed by atoms with E-state index in [9.17, 15) is 13.6 Å². The summed E-state index contributed by atoms with van der Waals surface area (Å²) in [4.78, 5) is 11.9. The van der Waals surface area contributed by atoms with Crippen molar-refractivity contribution in [3.8, 4) is 0 Å². The van der Waals surface area contributed by atoms with Crippen molar-refractivity contribution in [2.24, 2.45) is 5.92 Å². The smallest absolute Gasteiger partial charge is 0.314 e. The molecule has 0 saturated heterocycles. The van der Waals surface area contributed by atoms with Crippen LogP contribution in [0.4, 0.5) is 13.6 Å². The summed E-state index contributed by atoms with van der Waals surface area (Å²) in [6, 6.07) is 3.30. The van der Waals surface area contributed by atoms with Gasteiger partial charge >= 0.3 is 6.03 Å². The normalized spacial score (nSPS) is 16.7. The van der Waals surface area contributed by atoms with Crippen LogP contribution in [-0.4, -0.2) is 30.8 Å². The summed E-state index contributed by atoms with van der Waals surface area (Å²) < 4.78 is 26.9. The number of aliphatic hydroxyl groups is 1. The zero-order valence-electron chi connectivity index (χ0n) is 13.4. The minimum atomic E-state index is -0.595. The molecule has 0 heterocycles. The van der Waals surface area contributed by atoms with E-state index in [4.69, 9.17) is 5.11 Å². The van der Waals surface area contributed by atoms with E-state index in [0.717, 1.165) is 25.3 Å². The quantitative estimate of drug-likeness (QED) is 0.688. The van der Waals surface area contributed by atoms with Crippen molar-refractivity contribution in [3.05, 3.63) is 35.4 Å². The molecule has 128 valence electrons. The van der Waals surface area contributed by atoms with Crippen LogP contribution >= 0.6 is 0 Å². The first-order chi connectivity index (χ1) is 11.0. The topological polar surface area (TPSA) is 61.4 Å². The van der Waals surface area contributed by atoms with Crippen LogP contribution in [0.1, 0.15) is 38.2 Å². The van der Waals surface area contributed by atoms with Gasteiger partial charge in [-0.3, -0.25) is 0 Å². The molecule has 2 rings (SSSR count). The standard InChI is InChI=1S/C17H24F2N2O2/c1-2-12(5-8-22)10-20-16(23)21-11-17(6-7-17)14-4-3-13(18)9-15(14)19/h3-4,9,12,22H,2,5-8,10-11H2,1H3,(H2,20,21,23). The fourth-order valence-corrected chi connectivity index (χ4v) is 2.79. The fraction of sp³-hybridized carbons (Fsp3) is 0.588. The predicted octanol–water partition coefficient (Wildman–Crippen LogP) is 2.70. The van der Waals surface area contributed by atoms with Crippen LogP contribution in [0.2, 0.25) is 0 Å². The number of benzene rings is 1. The minimum absolute atomic E-state index is 0.106. The van der Waals surface area contributed by atoms with Crippen molar-refractivity contribution >= 4 is 6.03 Å². The van der Waals surface area contributed by atoms with Crippen molar-refractivity contribution in [1.29, 1.82) is 0 Å². The van der Waals surface area contributed by atoms with Gasteiger partial charge in [0.05, 0.1) is 0 Å². The zero-order chi connectivity index (χ0) is 16.9. The van der Waals surface area contributed by atoms with Gasteiger partial charge in [-0.25, -0.2) is 13.6 Å². The molecule has 1 unspecified atom stereocenters. The second kappa shape index (κ2) is 7.73. The van der Waals surface area contributed by atoms with Gasteiger partial charge in [0.25, 0.3) is 0 Å². The first kappa shape index (κ1) is 17.7. The summed E-state index contributed by atoms with van der Waals surface area (Å²) in [7, 11) is 0. The van der Waals surface area contributed by atoms with Gasteiger partial charge in [-0.1, -0.05) is 19.4 Å². The molecule has 4 nitrogen and oxygen atoms in total. The number of hydrogen-bond donors (Lipinski definition) is 3. The third-order valence-corrected chi connectivity index (χ3v) is 4.61. The van der Waals surface area contributed by atoms with E-state index in [2.05, 4.69) is 10.6 Å². The summed E-state index contributed by atoms with van der Waals surface area (Å²) in [5.41, 5.74) is 0.0515. The molecule has 1 aliphatic carbocycles. The Morgan fingerprint density at radius 3 is 2.65 bits per heavy atom. The Bertz CT molecular complexity index is 547. The Hall–Kier alpha value is -1.69. The molecular weight excluding hydrogens is 302 g/mol. The van der Waals surface area contributed by atoms with Crippen LogP contribution in [0.15, 0.2) is 18.2 Å². The number of urea groups is 1. The number of amides is 2. The number of carbonyl (C=O) groups excluding carboxylic acids is 1. The van der Waals surface area contributed by atoms with Gasteiger partial charge in [0, 0.05) is 31.2 Å². The lowest BCUT2D eigenvalue weighted by Gasteiger charge is -2.19. The van der Waals surface area contributed by atoms with Gasteiger partial charge < -0.3 is 15.7 Å². The highest BCUT2D eigenvalue weighted by Gasteiger charge is 2.46. The lowest BCUT2D eigenvalue weighted by molar-refractivity contribution is 0.230. The Balaban J connectivity index is 1.84. The van der Waals surface area contributed by atoms with E-state index < -0.39 is 17.0 Å². The van der Waals surface area contributed by atoms with Gasteiger partial charge in [-0.2, -0.15) is 0 Å². The van der Waals surface area contributed by atoms with Crippen molar-refractivity contribution in [2.45, 2.75) is 38.0 Å². The molecule has 0 bridgehead atoms. The van der Waals surface area contributed by atoms with Crippen molar-refractivity contribution < 1.29 is 18.7 Å². The van der Waals surface area contributed by atoms with Crippen molar-refractivity contribution in [2.75, 3.05) is 19.7 Å². The highest BCUT2D eigenvalue weighted by Crippen LogP contribution is 2.48. The minimum Gasteiger partial charge on any atom is -0.396 e. The average Bonchev–Trinajstić information content (AvgIpc) is 3.30. The second-order valence-corrected chi connectivity index (χ2v) is 6.25. The van der Waals surface area contributed by atoms with E-state index in [0.29, 0.717) is 25.1 Å². The number of hydrogen-bond acceptors (Lipinski definition) is 2. The second-order valence-electron chi connectivity index (χ2n) is 6.25. The molecule has 2 amide bonds. The molecule has 0 radical (unpaired) electrons. The summed E-state index contributed by atoms with van der Waals surface area (Å²) in [5, 5.41) is 14.5. The van der Waals surface area contributed by atoms with E-state index in [1.807, 2.05) is 6.92 Å². The molecule has 1 saturated carbocycles. The monoisotopic (exact) mass is 326 g/mol. The van der Waals surface area contributed by atoms with Crippen LogP contribution in [0, 0.1) is 17.6 Å². The third-order valence-electron chi connectivity index (χ3n) is 4.61. The first-order valence-electron chi connectivity index (χ1n) is 8.09. The Morgan fingerprint density at radius 1 is 1.35 bits per heavy atom. The van der Waals surface area contributed by atoms with Gasteiger partial charge in [0.1, 0.15) is 11.6 Å². The molecule has 0 aromatic heterocycles. The largest absolute Gasteiger partial charge is 0.396 e. The molecule has 1 aromatic carbocycles. The summed E-state index contributed by atoms with van der Waals surface area (Å²) in [6.07, 6.45) is 3.09. The van der Waals surface area contributed by atoms with Gasteiger partial charge in [0.15, 0.2) is 0 Å². The van der Waals surface area contributed by atoms with E-state index >= 15 is 0 Å². The van der Waals surface area contributed by atoms with Crippen molar-refractivity contribution in [3.63, 3.8) is 0 Å². The summed E-state index contributed by atoms with van der Waals surface area (Å²) in [5.74, 6) is -0.906. The number of rotatable bonds is 8. The van der Waals surface area contributed by atoms with E-state index in [1.165, 1.54) is 12.1 Å². The molecule has 1 atom stereocenters. The number of halogens is 2. The Labute approximate surface area is 135 Å². The van der Waals surface area contributed by atoms with Crippen LogP contribution in [-0.2, 0) is 5.41 Å². The molecular formula is C17H24F2N2O2. The van der Waals surface area contributed by atoms with Crippen molar-refractivity contribution in [1.82, 2.24) is 10.6 Å². The summed E-state index contributed by atoms with van der Waals surface area (Å²) >= 11 is 0. The highest BCUT2D eigenvalue weighted by atomic mass is 19.1. The zero-order valence-corrected chi connectivity index (χ0v) is 13.4. The van der Waals surface area contributed by atoms with Gasteiger partial charge in [0.2, 0.25) is 0 Å². The Morgan fingerprint density at radius 2 is 2.09 bits per heavy atom. The summed E-state index contributed by atoms with van der Waals surface area (Å²) in [6.45, 7) is 2.95. The third kappa shape index (κ3) is 4.64. The maximum atomic E-state index is 13.9. The van der Waals surface area contributed by atoms with Crippen LogP contribution in [0.3, 0.4) is 0 Å². The Kier molecular flexibility index (Phi) is 5.93. The molecule has 0 aliphatic heterocycles. The number of aliphatic hydroxyl groups excluding tert-OH is 1. The first-order valence-corrected chi connectivity index (χ1v) is 8.09. The number of carbonyl (C=O) groups is 1. The van der Waals surface area contributed by atoms with E-state index in [1.54, 1.807) is 0 Å².